The lowest BCUT2D eigenvalue weighted by molar-refractivity contribution is 0.0496. The van der Waals surface area contributed by atoms with E-state index in [0.29, 0.717) is 18.3 Å². The van der Waals surface area contributed by atoms with E-state index in [1.807, 2.05) is 0 Å². The highest BCUT2D eigenvalue weighted by atomic mass is 16.5. The fraction of sp³-hybridized carbons (Fsp3) is 0.545. The van der Waals surface area contributed by atoms with Crippen molar-refractivity contribution < 1.29 is 14.6 Å². The van der Waals surface area contributed by atoms with E-state index >= 15 is 0 Å². The standard InChI is InChI=1S/C11H15NO3/c13-10-5-11(7-12-6-10)15-8-9-1-3-14-4-2-9/h5-7,9,13H,1-4,8H2. The molecule has 1 N–H and O–H groups in total. The van der Waals surface area contributed by atoms with Gasteiger partial charge in [-0.3, -0.25) is 4.98 Å². The molecule has 0 unspecified atom stereocenters. The van der Waals surface area contributed by atoms with Gasteiger partial charge in [-0.25, -0.2) is 0 Å². The number of ether oxygens (including phenoxy) is 2. The first-order valence-electron chi connectivity index (χ1n) is 5.19. The fourth-order valence-corrected chi connectivity index (χ4v) is 1.61. The van der Waals surface area contributed by atoms with Crippen LogP contribution in [0, 0.1) is 5.92 Å². The van der Waals surface area contributed by atoms with Crippen molar-refractivity contribution in [1.82, 2.24) is 4.98 Å². The Hall–Kier alpha value is -1.29. The lowest BCUT2D eigenvalue weighted by Crippen LogP contribution is -2.21. The van der Waals surface area contributed by atoms with Crippen LogP contribution in [0.3, 0.4) is 0 Å². The van der Waals surface area contributed by atoms with Gasteiger partial charge in [0.1, 0.15) is 11.5 Å². The van der Waals surface area contributed by atoms with Crippen molar-refractivity contribution in [2.24, 2.45) is 5.92 Å². The van der Waals surface area contributed by atoms with Crippen LogP contribution in [-0.2, 0) is 4.74 Å². The minimum absolute atomic E-state index is 0.138. The molecule has 1 aromatic heterocycles. The Balaban J connectivity index is 1.81. The summed E-state index contributed by atoms with van der Waals surface area (Å²) in [5.41, 5.74) is 0. The Labute approximate surface area is 88.9 Å². The number of hydrogen-bond acceptors (Lipinski definition) is 4. The van der Waals surface area contributed by atoms with Crippen LogP contribution in [0.15, 0.2) is 18.5 Å². The molecule has 0 aromatic carbocycles. The summed E-state index contributed by atoms with van der Waals surface area (Å²) in [6.45, 7) is 2.33. The predicted molar refractivity (Wildman–Crippen MR) is 54.9 cm³/mol. The summed E-state index contributed by atoms with van der Waals surface area (Å²) in [7, 11) is 0. The summed E-state index contributed by atoms with van der Waals surface area (Å²) in [5.74, 6) is 1.32. The van der Waals surface area contributed by atoms with E-state index in [1.165, 1.54) is 6.20 Å². The number of rotatable bonds is 3. The van der Waals surface area contributed by atoms with Gasteiger partial charge >= 0.3 is 0 Å². The molecule has 82 valence electrons. The van der Waals surface area contributed by atoms with Crippen molar-refractivity contribution in [2.45, 2.75) is 12.8 Å². The van der Waals surface area contributed by atoms with Gasteiger partial charge in [0.25, 0.3) is 0 Å². The average Bonchev–Trinajstić information content (AvgIpc) is 2.28. The Morgan fingerprint density at radius 3 is 2.93 bits per heavy atom. The predicted octanol–water partition coefficient (Wildman–Crippen LogP) is 1.59. The molecule has 1 aliphatic rings. The molecule has 0 radical (unpaired) electrons. The first-order chi connectivity index (χ1) is 7.34. The number of hydrogen-bond donors (Lipinski definition) is 1. The topological polar surface area (TPSA) is 51.6 Å². The second-order valence-electron chi connectivity index (χ2n) is 3.75. The number of nitrogens with zero attached hydrogens (tertiary/aromatic N) is 1. The average molecular weight is 209 g/mol. The summed E-state index contributed by atoms with van der Waals surface area (Å²) < 4.78 is 10.8. The zero-order valence-corrected chi connectivity index (χ0v) is 8.56. The molecular weight excluding hydrogens is 194 g/mol. The van der Waals surface area contributed by atoms with E-state index in [2.05, 4.69) is 4.98 Å². The van der Waals surface area contributed by atoms with Crippen LogP contribution < -0.4 is 4.74 Å². The maximum absolute atomic E-state index is 9.19. The van der Waals surface area contributed by atoms with Gasteiger partial charge in [-0.15, -0.1) is 0 Å². The van der Waals surface area contributed by atoms with Crippen molar-refractivity contribution >= 4 is 0 Å². The minimum Gasteiger partial charge on any atom is -0.506 e. The van der Waals surface area contributed by atoms with Gasteiger partial charge in [-0.2, -0.15) is 0 Å². The van der Waals surface area contributed by atoms with Crippen LogP contribution in [0.1, 0.15) is 12.8 Å². The van der Waals surface area contributed by atoms with E-state index in [4.69, 9.17) is 9.47 Å². The third-order valence-electron chi connectivity index (χ3n) is 2.53. The molecule has 1 aliphatic heterocycles. The zero-order valence-electron chi connectivity index (χ0n) is 8.56. The van der Waals surface area contributed by atoms with Crippen molar-refractivity contribution in [3.63, 3.8) is 0 Å². The molecule has 2 heterocycles. The molecule has 2 rings (SSSR count). The van der Waals surface area contributed by atoms with E-state index < -0.39 is 0 Å². The molecule has 4 nitrogen and oxygen atoms in total. The normalized spacial score (nSPS) is 17.6. The molecule has 1 fully saturated rings. The molecule has 0 aliphatic carbocycles. The molecule has 0 amide bonds. The maximum atomic E-state index is 9.19. The van der Waals surface area contributed by atoms with Gasteiger partial charge in [-0.1, -0.05) is 0 Å². The van der Waals surface area contributed by atoms with Crippen molar-refractivity contribution in [2.75, 3.05) is 19.8 Å². The third-order valence-corrected chi connectivity index (χ3v) is 2.53. The summed E-state index contributed by atoms with van der Waals surface area (Å²) >= 11 is 0. The summed E-state index contributed by atoms with van der Waals surface area (Å²) in [6.07, 6.45) is 5.10. The van der Waals surface area contributed by atoms with Gasteiger partial charge in [0.15, 0.2) is 0 Å². The van der Waals surface area contributed by atoms with Crippen LogP contribution in [-0.4, -0.2) is 29.9 Å². The highest BCUT2D eigenvalue weighted by Crippen LogP contribution is 2.19. The SMILES string of the molecule is Oc1cncc(OCC2CCOCC2)c1. The maximum Gasteiger partial charge on any atom is 0.141 e. The quantitative estimate of drug-likeness (QED) is 0.821. The molecule has 0 saturated carbocycles. The molecular formula is C11H15NO3. The van der Waals surface area contributed by atoms with Crippen LogP contribution in [0.5, 0.6) is 11.5 Å². The second kappa shape index (κ2) is 4.98. The molecule has 1 saturated heterocycles. The van der Waals surface area contributed by atoms with E-state index in [1.54, 1.807) is 12.3 Å². The molecule has 1 aromatic rings. The summed E-state index contributed by atoms with van der Waals surface area (Å²) in [5, 5.41) is 9.19. The summed E-state index contributed by atoms with van der Waals surface area (Å²) in [6, 6.07) is 1.58. The van der Waals surface area contributed by atoms with Crippen LogP contribution in [0.25, 0.3) is 0 Å². The fourth-order valence-electron chi connectivity index (χ4n) is 1.61. The van der Waals surface area contributed by atoms with Gasteiger partial charge in [0.2, 0.25) is 0 Å². The smallest absolute Gasteiger partial charge is 0.141 e. The molecule has 4 heteroatoms. The van der Waals surface area contributed by atoms with E-state index in [0.717, 1.165) is 26.1 Å². The van der Waals surface area contributed by atoms with Crippen molar-refractivity contribution in [3.8, 4) is 11.5 Å². The van der Waals surface area contributed by atoms with Gasteiger partial charge in [-0.05, 0) is 18.8 Å². The molecule has 0 bridgehead atoms. The lowest BCUT2D eigenvalue weighted by atomic mass is 10.0. The highest BCUT2D eigenvalue weighted by Gasteiger charge is 2.14. The largest absolute Gasteiger partial charge is 0.506 e. The van der Waals surface area contributed by atoms with Crippen molar-refractivity contribution in [1.29, 1.82) is 0 Å². The Morgan fingerprint density at radius 2 is 2.20 bits per heavy atom. The van der Waals surface area contributed by atoms with Crippen molar-refractivity contribution in [3.05, 3.63) is 18.5 Å². The van der Waals surface area contributed by atoms with Crippen LogP contribution in [0.4, 0.5) is 0 Å². The lowest BCUT2D eigenvalue weighted by Gasteiger charge is -2.21. The Kier molecular flexibility index (Phi) is 3.40. The van der Waals surface area contributed by atoms with E-state index in [-0.39, 0.29) is 5.75 Å². The molecule has 0 atom stereocenters. The van der Waals surface area contributed by atoms with Gasteiger partial charge in [0.05, 0.1) is 19.0 Å². The number of pyridine rings is 1. The Morgan fingerprint density at radius 1 is 1.40 bits per heavy atom. The highest BCUT2D eigenvalue weighted by molar-refractivity contribution is 5.26. The minimum atomic E-state index is 0.138. The van der Waals surface area contributed by atoms with Crippen LogP contribution >= 0.6 is 0 Å². The van der Waals surface area contributed by atoms with Crippen LogP contribution in [0.2, 0.25) is 0 Å². The van der Waals surface area contributed by atoms with E-state index in [9.17, 15) is 5.11 Å². The molecule has 15 heavy (non-hydrogen) atoms. The molecule has 0 spiro atoms. The number of aromatic hydroxyl groups is 1. The monoisotopic (exact) mass is 209 g/mol. The van der Waals surface area contributed by atoms with Gasteiger partial charge in [0, 0.05) is 19.3 Å². The van der Waals surface area contributed by atoms with Gasteiger partial charge < -0.3 is 14.6 Å². The zero-order chi connectivity index (χ0) is 10.5. The number of aromatic nitrogens is 1. The second-order valence-corrected chi connectivity index (χ2v) is 3.75. The first-order valence-corrected chi connectivity index (χ1v) is 5.19. The first kappa shape index (κ1) is 10.2. The Bertz CT molecular complexity index is 310. The third kappa shape index (κ3) is 3.09. The summed E-state index contributed by atoms with van der Waals surface area (Å²) in [4.78, 5) is 3.85.